The molecule has 2 spiro atoms. The van der Waals surface area contributed by atoms with Gasteiger partial charge in [-0.25, -0.2) is 9.37 Å². The molecule has 3 N–H and O–H groups in total. The number of halogens is 1. The number of nitrogens with two attached hydrogens (primary N) is 1. The number of rotatable bonds is 2. The van der Waals surface area contributed by atoms with Crippen LogP contribution < -0.4 is 10.6 Å². The van der Waals surface area contributed by atoms with Crippen LogP contribution in [0, 0.1) is 10.8 Å². The molecule has 4 atom stereocenters. The van der Waals surface area contributed by atoms with E-state index in [0.717, 1.165) is 24.9 Å². The molecule has 1 aliphatic heterocycles. The molecule has 0 bridgehead atoms. The smallest absolute Gasteiger partial charge is 0.224 e. The molecule has 7 nitrogen and oxygen atoms in total. The fraction of sp³-hybridized carbons (Fsp3) is 0.588. The van der Waals surface area contributed by atoms with Crippen LogP contribution in [0.15, 0.2) is 18.5 Å². The van der Waals surface area contributed by atoms with Crippen molar-refractivity contribution in [3.8, 4) is 0 Å². The maximum atomic E-state index is 13.2. The number of nitrogens with zero attached hydrogens (tertiary/aromatic N) is 5. The molecule has 1 saturated heterocycles. The highest BCUT2D eigenvalue weighted by Crippen LogP contribution is 2.72. The zero-order valence-corrected chi connectivity index (χ0v) is 13.6. The maximum absolute atomic E-state index is 13.2. The molecule has 0 aromatic carbocycles. The number of aliphatic hydroxyl groups is 1. The predicted octanol–water partition coefficient (Wildman–Crippen LogP) is 1.21. The van der Waals surface area contributed by atoms with Gasteiger partial charge in [-0.05, 0) is 19.3 Å². The predicted molar refractivity (Wildman–Crippen MR) is 89.7 cm³/mol. The second-order valence-corrected chi connectivity index (χ2v) is 8.15. The molecule has 3 heterocycles. The van der Waals surface area contributed by atoms with E-state index in [1.54, 1.807) is 6.33 Å². The lowest BCUT2D eigenvalue weighted by atomic mass is 9.98. The van der Waals surface area contributed by atoms with Crippen LogP contribution >= 0.6 is 0 Å². The van der Waals surface area contributed by atoms with E-state index in [0.29, 0.717) is 24.4 Å². The second kappa shape index (κ2) is 4.12. The second-order valence-electron chi connectivity index (χ2n) is 8.15. The Bertz CT molecular complexity index is 937. The molecule has 2 aromatic rings. The normalized spacial score (nSPS) is 38.9. The molecule has 3 aliphatic carbocycles. The summed E-state index contributed by atoms with van der Waals surface area (Å²) in [4.78, 5) is 15.1. The number of allylic oxidation sites excluding steroid dienone is 1. The van der Waals surface area contributed by atoms with Crippen LogP contribution in [0.25, 0.3) is 11.2 Å². The van der Waals surface area contributed by atoms with E-state index in [9.17, 15) is 9.50 Å². The van der Waals surface area contributed by atoms with Gasteiger partial charge in [-0.15, -0.1) is 0 Å². The van der Waals surface area contributed by atoms with Crippen molar-refractivity contribution in [1.82, 2.24) is 19.5 Å². The molecule has 8 heteroatoms. The van der Waals surface area contributed by atoms with Crippen molar-refractivity contribution in [3.05, 3.63) is 18.5 Å². The fourth-order valence-electron chi connectivity index (χ4n) is 4.74. The Labute approximate surface area is 143 Å². The Morgan fingerprint density at radius 1 is 1.20 bits per heavy atom. The van der Waals surface area contributed by atoms with Gasteiger partial charge in [0, 0.05) is 16.9 Å². The van der Waals surface area contributed by atoms with Gasteiger partial charge in [0.1, 0.15) is 6.17 Å². The summed E-state index contributed by atoms with van der Waals surface area (Å²) < 4.78 is 15.3. The molecule has 4 aliphatic rings. The van der Waals surface area contributed by atoms with Crippen molar-refractivity contribution in [2.24, 2.45) is 10.8 Å². The van der Waals surface area contributed by atoms with Gasteiger partial charge >= 0.3 is 0 Å². The molecule has 2 unspecified atom stereocenters. The summed E-state index contributed by atoms with van der Waals surface area (Å²) in [6.45, 7) is 0.657. The highest BCUT2D eigenvalue weighted by molar-refractivity contribution is 5.85. The van der Waals surface area contributed by atoms with Crippen LogP contribution in [0.1, 0.15) is 25.3 Å². The highest BCUT2D eigenvalue weighted by atomic mass is 19.1. The third-order valence-corrected chi connectivity index (χ3v) is 6.45. The van der Waals surface area contributed by atoms with Crippen LogP contribution in [0.5, 0.6) is 0 Å². The van der Waals surface area contributed by atoms with Gasteiger partial charge in [-0.1, -0.05) is 12.2 Å². The number of aliphatic hydroxyl groups excluding tert-OH is 1. The zero-order chi connectivity index (χ0) is 17.0. The van der Waals surface area contributed by atoms with Crippen LogP contribution in [-0.4, -0.2) is 50.0 Å². The minimum atomic E-state index is -0.815. The van der Waals surface area contributed by atoms with Crippen LogP contribution in [0.4, 0.5) is 16.2 Å². The average molecular weight is 342 g/mol. The van der Waals surface area contributed by atoms with Crippen LogP contribution in [-0.2, 0) is 0 Å². The zero-order valence-electron chi connectivity index (χ0n) is 13.6. The first kappa shape index (κ1) is 14.0. The maximum Gasteiger partial charge on any atom is 0.224 e. The third-order valence-electron chi connectivity index (χ3n) is 6.45. The molecule has 3 fully saturated rings. The third kappa shape index (κ3) is 1.75. The van der Waals surface area contributed by atoms with Gasteiger partial charge in [0.05, 0.1) is 25.5 Å². The van der Waals surface area contributed by atoms with E-state index in [4.69, 9.17) is 5.73 Å². The van der Waals surface area contributed by atoms with Crippen molar-refractivity contribution in [2.45, 2.75) is 37.6 Å². The Hall–Kier alpha value is -2.22. The number of hydrogen-bond acceptors (Lipinski definition) is 6. The van der Waals surface area contributed by atoms with Gasteiger partial charge in [-0.2, -0.15) is 9.97 Å². The minimum Gasteiger partial charge on any atom is -0.392 e. The summed E-state index contributed by atoms with van der Waals surface area (Å²) in [6.07, 6.45) is 8.17. The van der Waals surface area contributed by atoms with Gasteiger partial charge < -0.3 is 20.3 Å². The Morgan fingerprint density at radius 2 is 1.96 bits per heavy atom. The Morgan fingerprint density at radius 3 is 2.64 bits per heavy atom. The fourth-order valence-corrected chi connectivity index (χ4v) is 4.74. The first-order valence-electron chi connectivity index (χ1n) is 8.77. The van der Waals surface area contributed by atoms with Gasteiger partial charge in [0.15, 0.2) is 17.0 Å². The average Bonchev–Trinajstić information content (AvgIpc) is 3.24. The number of imidazole rings is 1. The topological polar surface area (TPSA) is 93.1 Å². The van der Waals surface area contributed by atoms with E-state index < -0.39 is 6.17 Å². The van der Waals surface area contributed by atoms with E-state index in [1.807, 2.05) is 4.90 Å². The molecule has 2 aromatic heterocycles. The van der Waals surface area contributed by atoms with Crippen molar-refractivity contribution in [2.75, 3.05) is 23.7 Å². The Kier molecular flexibility index (Phi) is 2.31. The number of hydrogen-bond donors (Lipinski definition) is 2. The molecule has 25 heavy (non-hydrogen) atoms. The molecule has 0 radical (unpaired) electrons. The molecule has 2 saturated carbocycles. The Balaban J connectivity index is 1.37. The van der Waals surface area contributed by atoms with Crippen LogP contribution in [0.3, 0.4) is 0 Å². The summed E-state index contributed by atoms with van der Waals surface area (Å²) in [6, 6.07) is 0.286. The SMILES string of the molecule is Nc1nc(N2CC(F)C2)c2ncn(C3CC34C=C[C@@]3(C[C@H]3O)C4)c2n1. The molecule has 0 amide bonds. The number of alkyl halides is 1. The van der Waals surface area contributed by atoms with E-state index in [-0.39, 0.29) is 28.9 Å². The molecule has 130 valence electrons. The lowest BCUT2D eigenvalue weighted by Crippen LogP contribution is -2.49. The van der Waals surface area contributed by atoms with Crippen molar-refractivity contribution in [3.63, 3.8) is 0 Å². The largest absolute Gasteiger partial charge is 0.392 e. The summed E-state index contributed by atoms with van der Waals surface area (Å²) in [5, 5.41) is 9.91. The van der Waals surface area contributed by atoms with Crippen molar-refractivity contribution < 1.29 is 9.50 Å². The van der Waals surface area contributed by atoms with Gasteiger partial charge in [0.25, 0.3) is 0 Å². The summed E-state index contributed by atoms with van der Waals surface area (Å²) in [5.41, 5.74) is 7.43. The highest BCUT2D eigenvalue weighted by Gasteiger charge is 2.66. The quantitative estimate of drug-likeness (QED) is 0.797. The van der Waals surface area contributed by atoms with Crippen molar-refractivity contribution >= 4 is 22.9 Å². The summed E-state index contributed by atoms with van der Waals surface area (Å²) in [5.74, 6) is 0.818. The number of anilines is 2. The summed E-state index contributed by atoms with van der Waals surface area (Å²) in [7, 11) is 0. The van der Waals surface area contributed by atoms with E-state index in [1.165, 1.54) is 0 Å². The number of aromatic nitrogens is 4. The number of nitrogen functional groups attached to an aromatic ring is 1. The first-order valence-corrected chi connectivity index (χ1v) is 8.77. The monoisotopic (exact) mass is 342 g/mol. The molecule has 6 rings (SSSR count). The summed E-state index contributed by atoms with van der Waals surface area (Å²) >= 11 is 0. The molecular formula is C17H19FN6O. The van der Waals surface area contributed by atoms with E-state index in [2.05, 4.69) is 31.7 Å². The van der Waals surface area contributed by atoms with E-state index >= 15 is 0 Å². The minimum absolute atomic E-state index is 0.0120. The first-order chi connectivity index (χ1) is 12.0. The van der Waals surface area contributed by atoms with Gasteiger partial charge in [-0.3, -0.25) is 0 Å². The lowest BCUT2D eigenvalue weighted by Gasteiger charge is -2.35. The standard InChI is InChI=1S/C17H19FN6O/c18-9-5-23(6-9)13-12-14(22-15(19)21-13)24(8-20-12)10-3-16(10)1-2-17(7-16)4-11(17)25/h1-2,8-11,25H,3-7H2,(H2,19,21,22)/t10?,11-,16?,17-/m1/s1. The number of fused-ring (bicyclic) bond motifs is 1. The molecular weight excluding hydrogens is 323 g/mol. The van der Waals surface area contributed by atoms with Crippen LogP contribution in [0.2, 0.25) is 0 Å². The lowest BCUT2D eigenvalue weighted by molar-refractivity contribution is 0.229. The van der Waals surface area contributed by atoms with Gasteiger partial charge in [0.2, 0.25) is 5.95 Å². The van der Waals surface area contributed by atoms with Crippen molar-refractivity contribution in [1.29, 1.82) is 0 Å².